The van der Waals surface area contributed by atoms with Gasteiger partial charge in [0.25, 0.3) is 0 Å². The Morgan fingerprint density at radius 3 is 2.93 bits per heavy atom. The predicted molar refractivity (Wildman–Crippen MR) is 63.9 cm³/mol. The van der Waals surface area contributed by atoms with Crippen molar-refractivity contribution in [2.75, 3.05) is 6.54 Å². The highest BCUT2D eigenvalue weighted by molar-refractivity contribution is 7.13. The van der Waals surface area contributed by atoms with Crippen LogP contribution in [0.2, 0.25) is 0 Å². The number of aromatic nitrogens is 2. The van der Waals surface area contributed by atoms with Crippen molar-refractivity contribution < 1.29 is 0 Å². The van der Waals surface area contributed by atoms with Gasteiger partial charge in [-0.2, -0.15) is 0 Å². The van der Waals surface area contributed by atoms with Gasteiger partial charge in [-0.1, -0.05) is 6.07 Å². The fourth-order valence-electron chi connectivity index (χ4n) is 1.48. The summed E-state index contributed by atoms with van der Waals surface area (Å²) in [5.74, 6) is 1.00. The van der Waals surface area contributed by atoms with E-state index in [1.807, 2.05) is 18.5 Å². The molecule has 80 valence electrons. The minimum Gasteiger partial charge on any atom is -0.328 e. The summed E-state index contributed by atoms with van der Waals surface area (Å²) in [4.78, 5) is 5.57. The molecule has 0 fully saturated rings. The summed E-state index contributed by atoms with van der Waals surface area (Å²) in [6.07, 6.45) is 3.81. The third-order valence-electron chi connectivity index (χ3n) is 2.53. The quantitative estimate of drug-likeness (QED) is 0.864. The average molecular weight is 221 g/mol. The van der Waals surface area contributed by atoms with Crippen LogP contribution in [0, 0.1) is 0 Å². The number of thiophene rings is 1. The topological polar surface area (TPSA) is 43.8 Å². The Labute approximate surface area is 93.6 Å². The fraction of sp³-hybridized carbons (Fsp3) is 0.364. The summed E-state index contributed by atoms with van der Waals surface area (Å²) in [5, 5.41) is 2.06. The summed E-state index contributed by atoms with van der Waals surface area (Å²) < 4.78 is 2.14. The highest BCUT2D eigenvalue weighted by Crippen LogP contribution is 2.27. The Bertz CT molecular complexity index is 428. The molecule has 0 saturated heterocycles. The van der Waals surface area contributed by atoms with E-state index >= 15 is 0 Å². The second-order valence-corrected chi connectivity index (χ2v) is 5.06. The van der Waals surface area contributed by atoms with E-state index in [0.29, 0.717) is 6.54 Å². The maximum absolute atomic E-state index is 5.77. The molecular formula is C11H15N3S. The van der Waals surface area contributed by atoms with Gasteiger partial charge in [0.1, 0.15) is 0 Å². The minimum atomic E-state index is -0.0875. The summed E-state index contributed by atoms with van der Waals surface area (Å²) in [5.41, 5.74) is 5.69. The number of nitrogens with two attached hydrogens (primary N) is 1. The van der Waals surface area contributed by atoms with Crippen molar-refractivity contribution in [2.45, 2.75) is 19.4 Å². The van der Waals surface area contributed by atoms with E-state index in [0.717, 1.165) is 5.82 Å². The van der Waals surface area contributed by atoms with Gasteiger partial charge < -0.3 is 10.3 Å². The van der Waals surface area contributed by atoms with Crippen LogP contribution >= 0.6 is 11.3 Å². The van der Waals surface area contributed by atoms with Crippen LogP contribution in [0.1, 0.15) is 13.8 Å². The van der Waals surface area contributed by atoms with E-state index in [1.165, 1.54) is 4.88 Å². The average Bonchev–Trinajstić information content (AvgIpc) is 2.87. The Kier molecular flexibility index (Phi) is 2.63. The zero-order chi connectivity index (χ0) is 10.9. The molecule has 3 nitrogen and oxygen atoms in total. The van der Waals surface area contributed by atoms with Gasteiger partial charge in [-0.25, -0.2) is 4.98 Å². The van der Waals surface area contributed by atoms with E-state index in [9.17, 15) is 0 Å². The second-order valence-electron chi connectivity index (χ2n) is 4.11. The van der Waals surface area contributed by atoms with Crippen molar-refractivity contribution in [3.05, 3.63) is 29.9 Å². The Morgan fingerprint density at radius 1 is 1.53 bits per heavy atom. The molecule has 2 N–H and O–H groups in total. The highest BCUT2D eigenvalue weighted by Gasteiger charge is 2.21. The molecule has 4 heteroatoms. The van der Waals surface area contributed by atoms with Crippen LogP contribution < -0.4 is 5.73 Å². The van der Waals surface area contributed by atoms with Gasteiger partial charge in [-0.15, -0.1) is 11.3 Å². The third-order valence-corrected chi connectivity index (χ3v) is 3.40. The van der Waals surface area contributed by atoms with Gasteiger partial charge in [0, 0.05) is 18.9 Å². The maximum atomic E-state index is 5.77. The lowest BCUT2D eigenvalue weighted by Crippen LogP contribution is -2.34. The van der Waals surface area contributed by atoms with Crippen LogP contribution in [-0.2, 0) is 5.54 Å². The van der Waals surface area contributed by atoms with E-state index in [4.69, 9.17) is 5.73 Å². The molecule has 0 amide bonds. The van der Waals surface area contributed by atoms with Crippen LogP contribution in [0.5, 0.6) is 0 Å². The van der Waals surface area contributed by atoms with Crippen molar-refractivity contribution in [1.29, 1.82) is 0 Å². The second kappa shape index (κ2) is 3.79. The van der Waals surface area contributed by atoms with Crippen molar-refractivity contribution in [1.82, 2.24) is 9.55 Å². The number of hydrogen-bond acceptors (Lipinski definition) is 3. The first-order chi connectivity index (χ1) is 7.15. The molecule has 0 aliphatic heterocycles. The molecule has 0 aromatic carbocycles. The minimum absolute atomic E-state index is 0.0875. The SMILES string of the molecule is CC(C)(CN)n1ccnc1-c1cccs1. The molecule has 2 aromatic rings. The van der Waals surface area contributed by atoms with Crippen molar-refractivity contribution in [3.63, 3.8) is 0 Å². The first-order valence-electron chi connectivity index (χ1n) is 4.93. The predicted octanol–water partition coefficient (Wildman–Crippen LogP) is 2.31. The molecule has 0 bridgehead atoms. The number of rotatable bonds is 3. The van der Waals surface area contributed by atoms with Crippen LogP contribution in [0.15, 0.2) is 29.9 Å². The van der Waals surface area contributed by atoms with Crippen LogP contribution in [0.4, 0.5) is 0 Å². The van der Waals surface area contributed by atoms with E-state index in [1.54, 1.807) is 11.3 Å². The van der Waals surface area contributed by atoms with Gasteiger partial charge in [-0.05, 0) is 25.3 Å². The number of imidazole rings is 1. The van der Waals surface area contributed by atoms with E-state index in [-0.39, 0.29) is 5.54 Å². The largest absolute Gasteiger partial charge is 0.328 e. The summed E-state index contributed by atoms with van der Waals surface area (Å²) >= 11 is 1.70. The Morgan fingerprint density at radius 2 is 2.33 bits per heavy atom. The lowest BCUT2D eigenvalue weighted by Gasteiger charge is -2.26. The summed E-state index contributed by atoms with van der Waals surface area (Å²) in [6.45, 7) is 4.83. The van der Waals surface area contributed by atoms with Gasteiger partial charge in [0.05, 0.1) is 10.4 Å². The van der Waals surface area contributed by atoms with Gasteiger partial charge in [0.15, 0.2) is 5.82 Å². The molecule has 2 rings (SSSR count). The Balaban J connectivity index is 2.47. The van der Waals surface area contributed by atoms with Crippen molar-refractivity contribution in [3.8, 4) is 10.7 Å². The molecule has 2 aromatic heterocycles. The smallest absolute Gasteiger partial charge is 0.150 e. The molecular weight excluding hydrogens is 206 g/mol. The molecule has 0 atom stereocenters. The molecule has 0 radical (unpaired) electrons. The fourth-order valence-corrected chi connectivity index (χ4v) is 2.20. The molecule has 2 heterocycles. The molecule has 0 unspecified atom stereocenters. The zero-order valence-electron chi connectivity index (χ0n) is 8.97. The first-order valence-corrected chi connectivity index (χ1v) is 5.81. The molecule has 15 heavy (non-hydrogen) atoms. The van der Waals surface area contributed by atoms with Crippen molar-refractivity contribution >= 4 is 11.3 Å². The van der Waals surface area contributed by atoms with Crippen LogP contribution in [-0.4, -0.2) is 16.1 Å². The lowest BCUT2D eigenvalue weighted by atomic mass is 10.1. The van der Waals surface area contributed by atoms with Crippen LogP contribution in [0.25, 0.3) is 10.7 Å². The van der Waals surface area contributed by atoms with Crippen LogP contribution in [0.3, 0.4) is 0 Å². The monoisotopic (exact) mass is 221 g/mol. The molecule has 0 saturated carbocycles. The normalized spacial score (nSPS) is 11.9. The molecule has 0 aliphatic rings. The molecule has 0 spiro atoms. The lowest BCUT2D eigenvalue weighted by molar-refractivity contribution is 0.371. The van der Waals surface area contributed by atoms with Gasteiger partial charge in [0.2, 0.25) is 0 Å². The standard InChI is InChI=1S/C11H15N3S/c1-11(2,8-12)14-6-5-13-10(14)9-4-3-7-15-9/h3-7H,8,12H2,1-2H3. The van der Waals surface area contributed by atoms with E-state index < -0.39 is 0 Å². The number of nitrogens with zero attached hydrogens (tertiary/aromatic N) is 2. The third kappa shape index (κ3) is 1.82. The highest BCUT2D eigenvalue weighted by atomic mass is 32.1. The van der Waals surface area contributed by atoms with Gasteiger partial charge >= 0.3 is 0 Å². The molecule has 0 aliphatic carbocycles. The van der Waals surface area contributed by atoms with Gasteiger partial charge in [-0.3, -0.25) is 0 Å². The Hall–Kier alpha value is -1.13. The van der Waals surface area contributed by atoms with Crippen molar-refractivity contribution in [2.24, 2.45) is 5.73 Å². The number of hydrogen-bond donors (Lipinski definition) is 1. The van der Waals surface area contributed by atoms with E-state index in [2.05, 4.69) is 34.8 Å². The summed E-state index contributed by atoms with van der Waals surface area (Å²) in [7, 11) is 0. The maximum Gasteiger partial charge on any atom is 0.150 e. The first kappa shape index (κ1) is 10.4. The zero-order valence-corrected chi connectivity index (χ0v) is 9.79. The summed E-state index contributed by atoms with van der Waals surface area (Å²) in [6, 6.07) is 4.12.